The summed E-state index contributed by atoms with van der Waals surface area (Å²) in [5, 5.41) is 0. The summed E-state index contributed by atoms with van der Waals surface area (Å²) in [4.78, 5) is 15.1. The van der Waals surface area contributed by atoms with Crippen LogP contribution in [0.15, 0.2) is 35.9 Å². The van der Waals surface area contributed by atoms with E-state index in [-0.39, 0.29) is 12.6 Å². The van der Waals surface area contributed by atoms with Gasteiger partial charge in [0.05, 0.1) is 18.5 Å². The minimum absolute atomic E-state index is 0.0320. The predicted molar refractivity (Wildman–Crippen MR) is 112 cm³/mol. The van der Waals surface area contributed by atoms with Gasteiger partial charge in [-0.1, -0.05) is 13.3 Å². The molecule has 0 unspecified atom stereocenters. The number of rotatable bonds is 7. The first kappa shape index (κ1) is 19.6. The smallest absolute Gasteiger partial charge is 0.231 e. The van der Waals surface area contributed by atoms with Gasteiger partial charge in [0.25, 0.3) is 0 Å². The molecule has 0 spiro atoms. The maximum absolute atomic E-state index is 13.1. The number of nitrogens with two attached hydrogens (primary N) is 1. The summed E-state index contributed by atoms with van der Waals surface area (Å²) in [6, 6.07) is 9.13. The summed E-state index contributed by atoms with van der Waals surface area (Å²) >= 11 is 0. The minimum Gasteiger partial charge on any atom is -0.493 e. The lowest BCUT2D eigenvalue weighted by Crippen LogP contribution is -2.12. The lowest BCUT2D eigenvalue weighted by Gasteiger charge is -2.16. The Balaban J connectivity index is 1.97. The summed E-state index contributed by atoms with van der Waals surface area (Å²) in [5.41, 5.74) is 9.71. The number of hydrogen-bond donors (Lipinski definition) is 1. The summed E-state index contributed by atoms with van der Waals surface area (Å²) < 4.78 is 16.3. The lowest BCUT2D eigenvalue weighted by molar-refractivity contribution is 0.103. The van der Waals surface area contributed by atoms with Crippen LogP contribution in [-0.2, 0) is 0 Å². The van der Waals surface area contributed by atoms with Crippen LogP contribution in [0.1, 0.15) is 35.7 Å². The van der Waals surface area contributed by atoms with Gasteiger partial charge in [0.1, 0.15) is 0 Å². The fourth-order valence-corrected chi connectivity index (χ4v) is 3.24. The van der Waals surface area contributed by atoms with Crippen molar-refractivity contribution in [2.75, 3.05) is 38.6 Å². The first-order chi connectivity index (χ1) is 13.4. The highest BCUT2D eigenvalue weighted by molar-refractivity contribution is 6.12. The number of benzene rings is 2. The SMILES string of the molecule is CCC/C(=C\c1cc(OC)c2c(c1)OCO2)C(=O)c1ccc(N(C)C)c(N)c1. The number of allylic oxidation sites excluding steroid dienone is 1. The monoisotopic (exact) mass is 382 g/mol. The molecular weight excluding hydrogens is 356 g/mol. The fraction of sp³-hybridized carbons (Fsp3) is 0.318. The zero-order chi connectivity index (χ0) is 20.3. The summed E-state index contributed by atoms with van der Waals surface area (Å²) in [7, 11) is 5.42. The van der Waals surface area contributed by atoms with Crippen LogP contribution in [0.5, 0.6) is 17.2 Å². The van der Waals surface area contributed by atoms with E-state index in [2.05, 4.69) is 0 Å². The normalized spacial score (nSPS) is 12.8. The number of nitrogen functional groups attached to an aromatic ring is 1. The van der Waals surface area contributed by atoms with Gasteiger partial charge in [0.2, 0.25) is 12.5 Å². The van der Waals surface area contributed by atoms with Gasteiger partial charge < -0.3 is 24.8 Å². The van der Waals surface area contributed by atoms with Crippen LogP contribution < -0.4 is 24.8 Å². The van der Waals surface area contributed by atoms with E-state index in [1.54, 1.807) is 13.2 Å². The number of ether oxygens (including phenoxy) is 3. The molecule has 0 amide bonds. The van der Waals surface area contributed by atoms with Crippen LogP contribution in [0, 0.1) is 0 Å². The van der Waals surface area contributed by atoms with Crippen molar-refractivity contribution in [1.82, 2.24) is 0 Å². The number of nitrogens with zero attached hydrogens (tertiary/aromatic N) is 1. The van der Waals surface area contributed by atoms with E-state index < -0.39 is 0 Å². The molecule has 0 bridgehead atoms. The average Bonchev–Trinajstić information content (AvgIpc) is 3.14. The third-order valence-corrected chi connectivity index (χ3v) is 4.60. The van der Waals surface area contributed by atoms with E-state index >= 15 is 0 Å². The Labute approximate surface area is 165 Å². The maximum Gasteiger partial charge on any atom is 0.231 e. The van der Waals surface area contributed by atoms with Crippen LogP contribution in [0.2, 0.25) is 0 Å². The molecule has 2 aromatic rings. The number of ketones is 1. The molecule has 148 valence electrons. The number of carbonyl (C=O) groups is 1. The molecule has 1 heterocycles. The Bertz CT molecular complexity index is 919. The van der Waals surface area contributed by atoms with E-state index in [0.717, 1.165) is 17.7 Å². The largest absolute Gasteiger partial charge is 0.493 e. The highest BCUT2D eigenvalue weighted by Gasteiger charge is 2.20. The van der Waals surface area contributed by atoms with Crippen molar-refractivity contribution in [3.63, 3.8) is 0 Å². The Morgan fingerprint density at radius 2 is 2.04 bits per heavy atom. The van der Waals surface area contributed by atoms with Crippen molar-refractivity contribution in [2.45, 2.75) is 19.8 Å². The molecule has 6 nitrogen and oxygen atoms in total. The second-order valence-corrected chi connectivity index (χ2v) is 6.87. The molecule has 0 aromatic heterocycles. The Hall–Kier alpha value is -3.15. The standard InChI is InChI=1S/C22H26N2O4/c1-5-6-15(21(25)16-7-8-18(24(2)3)17(23)12-16)9-14-10-19(26-4)22-20(11-14)27-13-28-22/h7-12H,5-6,13,23H2,1-4H3/b15-9+. The average molecular weight is 382 g/mol. The minimum atomic E-state index is -0.0320. The third-order valence-electron chi connectivity index (χ3n) is 4.60. The van der Waals surface area contributed by atoms with Gasteiger partial charge in [-0.25, -0.2) is 0 Å². The van der Waals surface area contributed by atoms with Crippen LogP contribution in [0.3, 0.4) is 0 Å². The number of Topliss-reactive ketones (excluding diaryl/α,β-unsaturated/α-hetero) is 1. The predicted octanol–water partition coefficient (Wildman–Crippen LogP) is 4.14. The highest BCUT2D eigenvalue weighted by Crippen LogP contribution is 2.42. The summed E-state index contributed by atoms with van der Waals surface area (Å²) in [5.74, 6) is 1.77. The molecule has 3 rings (SSSR count). The van der Waals surface area contributed by atoms with E-state index in [0.29, 0.717) is 40.5 Å². The van der Waals surface area contributed by atoms with Crippen LogP contribution in [0.4, 0.5) is 11.4 Å². The number of fused-ring (bicyclic) bond motifs is 1. The molecule has 0 saturated heterocycles. The van der Waals surface area contributed by atoms with E-state index in [1.807, 2.05) is 56.3 Å². The molecule has 2 aromatic carbocycles. The number of hydrogen-bond acceptors (Lipinski definition) is 6. The fourth-order valence-electron chi connectivity index (χ4n) is 3.24. The molecule has 0 radical (unpaired) electrons. The molecule has 0 atom stereocenters. The molecule has 0 aliphatic carbocycles. The van der Waals surface area contributed by atoms with Crippen LogP contribution >= 0.6 is 0 Å². The van der Waals surface area contributed by atoms with Crippen LogP contribution in [0.25, 0.3) is 6.08 Å². The lowest BCUT2D eigenvalue weighted by atomic mass is 9.96. The summed E-state index contributed by atoms with van der Waals surface area (Å²) in [6.45, 7) is 2.21. The molecular formula is C22H26N2O4. The van der Waals surface area contributed by atoms with Crippen molar-refractivity contribution in [3.05, 3.63) is 47.0 Å². The topological polar surface area (TPSA) is 74.0 Å². The van der Waals surface area contributed by atoms with Gasteiger partial charge in [-0.15, -0.1) is 0 Å². The Kier molecular flexibility index (Phi) is 5.78. The van der Waals surface area contributed by atoms with E-state index in [1.165, 1.54) is 0 Å². The van der Waals surface area contributed by atoms with Gasteiger partial charge >= 0.3 is 0 Å². The van der Waals surface area contributed by atoms with Gasteiger partial charge in [-0.2, -0.15) is 0 Å². The molecule has 1 aliphatic heterocycles. The molecule has 1 aliphatic rings. The Morgan fingerprint density at radius 3 is 2.68 bits per heavy atom. The summed E-state index contributed by atoms with van der Waals surface area (Å²) in [6.07, 6.45) is 3.39. The van der Waals surface area contributed by atoms with Crippen molar-refractivity contribution in [1.29, 1.82) is 0 Å². The molecule has 0 saturated carbocycles. The number of carbonyl (C=O) groups excluding carboxylic acids is 1. The highest BCUT2D eigenvalue weighted by atomic mass is 16.7. The number of methoxy groups -OCH3 is 1. The van der Waals surface area contributed by atoms with E-state index in [4.69, 9.17) is 19.9 Å². The molecule has 6 heteroatoms. The van der Waals surface area contributed by atoms with Gasteiger partial charge in [0.15, 0.2) is 17.3 Å². The first-order valence-corrected chi connectivity index (χ1v) is 9.24. The van der Waals surface area contributed by atoms with Crippen molar-refractivity contribution < 1.29 is 19.0 Å². The zero-order valence-corrected chi connectivity index (χ0v) is 16.7. The van der Waals surface area contributed by atoms with Crippen molar-refractivity contribution in [2.24, 2.45) is 0 Å². The molecule has 0 fully saturated rings. The van der Waals surface area contributed by atoms with E-state index in [9.17, 15) is 4.79 Å². The molecule has 28 heavy (non-hydrogen) atoms. The third kappa shape index (κ3) is 3.91. The second-order valence-electron chi connectivity index (χ2n) is 6.87. The van der Waals surface area contributed by atoms with Crippen molar-refractivity contribution >= 4 is 23.2 Å². The van der Waals surface area contributed by atoms with Crippen LogP contribution in [-0.4, -0.2) is 33.8 Å². The number of anilines is 2. The van der Waals surface area contributed by atoms with Gasteiger partial charge in [-0.3, -0.25) is 4.79 Å². The molecule has 2 N–H and O–H groups in total. The quantitative estimate of drug-likeness (QED) is 0.441. The maximum atomic E-state index is 13.1. The van der Waals surface area contributed by atoms with Crippen molar-refractivity contribution in [3.8, 4) is 17.2 Å². The first-order valence-electron chi connectivity index (χ1n) is 9.24. The second kappa shape index (κ2) is 8.25. The van der Waals surface area contributed by atoms with Gasteiger partial charge in [-0.05, 0) is 48.4 Å². The van der Waals surface area contributed by atoms with Gasteiger partial charge in [0, 0.05) is 25.2 Å². The zero-order valence-electron chi connectivity index (χ0n) is 16.7. The Morgan fingerprint density at radius 1 is 1.25 bits per heavy atom.